The summed E-state index contributed by atoms with van der Waals surface area (Å²) in [5.74, 6) is 0.282. The summed E-state index contributed by atoms with van der Waals surface area (Å²) < 4.78 is 5.14. The highest BCUT2D eigenvalue weighted by atomic mass is 16.5. The second-order valence-electron chi connectivity index (χ2n) is 4.79. The second kappa shape index (κ2) is 5.61. The fourth-order valence-electron chi connectivity index (χ4n) is 2.16. The van der Waals surface area contributed by atoms with Crippen molar-refractivity contribution < 1.29 is 9.53 Å². The van der Waals surface area contributed by atoms with Gasteiger partial charge in [0.1, 0.15) is 5.54 Å². The van der Waals surface area contributed by atoms with Crippen molar-refractivity contribution in [1.82, 2.24) is 10.2 Å². The number of hydrogen-bond acceptors (Lipinski definition) is 4. The number of nitrogens with one attached hydrogen (secondary N) is 1. The van der Waals surface area contributed by atoms with Crippen LogP contribution in [0.3, 0.4) is 0 Å². The Bertz CT molecular complexity index is 247. The summed E-state index contributed by atoms with van der Waals surface area (Å²) in [5, 5.41) is 3.00. The zero-order valence-corrected chi connectivity index (χ0v) is 10.5. The SMILES string of the molecule is CNC(C)(CN1CCC(COC)C1)C(N)=O. The third kappa shape index (κ3) is 3.17. The minimum absolute atomic E-state index is 0.301. The summed E-state index contributed by atoms with van der Waals surface area (Å²) in [7, 11) is 3.50. The fourth-order valence-corrected chi connectivity index (χ4v) is 2.16. The molecule has 1 heterocycles. The van der Waals surface area contributed by atoms with E-state index in [4.69, 9.17) is 10.5 Å². The summed E-state index contributed by atoms with van der Waals surface area (Å²) in [6.45, 7) is 5.30. The predicted octanol–water partition coefficient (Wildman–Crippen LogP) is -0.582. The van der Waals surface area contributed by atoms with E-state index in [-0.39, 0.29) is 5.91 Å². The van der Waals surface area contributed by atoms with Crippen LogP contribution < -0.4 is 11.1 Å². The van der Waals surface area contributed by atoms with Gasteiger partial charge in [-0.05, 0) is 32.9 Å². The third-order valence-electron chi connectivity index (χ3n) is 3.41. The lowest BCUT2D eigenvalue weighted by molar-refractivity contribution is -0.124. The Kier molecular flexibility index (Phi) is 4.70. The highest BCUT2D eigenvalue weighted by Crippen LogP contribution is 2.18. The van der Waals surface area contributed by atoms with Crippen molar-refractivity contribution in [1.29, 1.82) is 0 Å². The molecule has 1 amide bonds. The van der Waals surface area contributed by atoms with Crippen LogP contribution in [0.25, 0.3) is 0 Å². The maximum absolute atomic E-state index is 11.4. The van der Waals surface area contributed by atoms with Crippen LogP contribution in [0.2, 0.25) is 0 Å². The molecule has 3 N–H and O–H groups in total. The fraction of sp³-hybridized carbons (Fsp3) is 0.909. The van der Waals surface area contributed by atoms with Gasteiger partial charge in [0.15, 0.2) is 0 Å². The zero-order valence-electron chi connectivity index (χ0n) is 10.5. The molecule has 0 radical (unpaired) electrons. The molecule has 5 heteroatoms. The largest absolute Gasteiger partial charge is 0.384 e. The van der Waals surface area contributed by atoms with Crippen LogP contribution in [-0.4, -0.2) is 56.7 Å². The van der Waals surface area contributed by atoms with E-state index in [0.717, 1.165) is 26.1 Å². The van der Waals surface area contributed by atoms with Crippen molar-refractivity contribution in [2.45, 2.75) is 18.9 Å². The van der Waals surface area contributed by atoms with E-state index in [0.29, 0.717) is 12.5 Å². The Balaban J connectivity index is 2.46. The van der Waals surface area contributed by atoms with E-state index in [1.54, 1.807) is 14.2 Å². The van der Waals surface area contributed by atoms with Gasteiger partial charge in [-0.3, -0.25) is 4.79 Å². The van der Waals surface area contributed by atoms with Crippen LogP contribution in [0.5, 0.6) is 0 Å². The standard InChI is InChI=1S/C11H23N3O2/c1-11(13-2,10(12)15)8-14-5-4-9(6-14)7-16-3/h9,13H,4-8H2,1-3H3,(H2,12,15). The number of nitrogens with zero attached hydrogens (tertiary/aromatic N) is 1. The van der Waals surface area contributed by atoms with Crippen LogP contribution in [0.1, 0.15) is 13.3 Å². The molecule has 1 aliphatic rings. The monoisotopic (exact) mass is 229 g/mol. The third-order valence-corrected chi connectivity index (χ3v) is 3.41. The number of rotatable bonds is 6. The summed E-state index contributed by atoms with van der Waals surface area (Å²) in [6, 6.07) is 0. The molecule has 16 heavy (non-hydrogen) atoms. The average molecular weight is 229 g/mol. The van der Waals surface area contributed by atoms with Gasteiger partial charge in [-0.2, -0.15) is 0 Å². The molecule has 1 rings (SSSR count). The highest BCUT2D eigenvalue weighted by Gasteiger charge is 2.34. The molecule has 0 aliphatic carbocycles. The lowest BCUT2D eigenvalue weighted by Gasteiger charge is -2.30. The van der Waals surface area contributed by atoms with Crippen LogP contribution in [0, 0.1) is 5.92 Å². The number of primary amides is 1. The number of ether oxygens (including phenoxy) is 1. The Morgan fingerprint density at radius 2 is 2.38 bits per heavy atom. The van der Waals surface area contributed by atoms with E-state index in [1.807, 2.05) is 6.92 Å². The Hall–Kier alpha value is -0.650. The van der Waals surface area contributed by atoms with Gasteiger partial charge in [-0.25, -0.2) is 0 Å². The van der Waals surface area contributed by atoms with Gasteiger partial charge in [-0.15, -0.1) is 0 Å². The number of carbonyl (C=O) groups is 1. The van der Waals surface area contributed by atoms with Crippen LogP contribution in [-0.2, 0) is 9.53 Å². The van der Waals surface area contributed by atoms with Gasteiger partial charge >= 0.3 is 0 Å². The van der Waals surface area contributed by atoms with Crippen LogP contribution in [0.4, 0.5) is 0 Å². The van der Waals surface area contributed by atoms with Gasteiger partial charge in [0.2, 0.25) is 5.91 Å². The maximum atomic E-state index is 11.4. The van der Waals surface area contributed by atoms with Gasteiger partial charge < -0.3 is 20.7 Å². The predicted molar refractivity (Wildman–Crippen MR) is 63.1 cm³/mol. The molecule has 2 unspecified atom stereocenters. The molecule has 0 aromatic carbocycles. The highest BCUT2D eigenvalue weighted by molar-refractivity contribution is 5.84. The van der Waals surface area contributed by atoms with E-state index >= 15 is 0 Å². The smallest absolute Gasteiger partial charge is 0.238 e. The molecule has 5 nitrogen and oxygen atoms in total. The maximum Gasteiger partial charge on any atom is 0.238 e. The molecular weight excluding hydrogens is 206 g/mol. The first kappa shape index (κ1) is 13.4. The minimum atomic E-state index is -0.637. The van der Waals surface area contributed by atoms with E-state index < -0.39 is 5.54 Å². The summed E-state index contributed by atoms with van der Waals surface area (Å²) in [4.78, 5) is 13.6. The minimum Gasteiger partial charge on any atom is -0.384 e. The number of likely N-dealkylation sites (tertiary alicyclic amines) is 1. The summed E-state index contributed by atoms with van der Waals surface area (Å²) >= 11 is 0. The van der Waals surface area contributed by atoms with E-state index in [1.165, 1.54) is 0 Å². The van der Waals surface area contributed by atoms with Crippen molar-refractivity contribution in [2.24, 2.45) is 11.7 Å². The Morgan fingerprint density at radius 3 is 2.88 bits per heavy atom. The number of methoxy groups -OCH3 is 1. The molecule has 2 atom stereocenters. The zero-order chi connectivity index (χ0) is 12.2. The van der Waals surface area contributed by atoms with Gasteiger partial charge in [0.25, 0.3) is 0 Å². The van der Waals surface area contributed by atoms with Crippen molar-refractivity contribution in [2.75, 3.05) is 40.4 Å². The van der Waals surface area contributed by atoms with Crippen LogP contribution >= 0.6 is 0 Å². The number of carbonyl (C=O) groups excluding carboxylic acids is 1. The molecule has 1 aliphatic heterocycles. The molecule has 1 saturated heterocycles. The van der Waals surface area contributed by atoms with Gasteiger partial charge in [-0.1, -0.05) is 0 Å². The number of amides is 1. The number of hydrogen-bond donors (Lipinski definition) is 2. The molecule has 0 aromatic heterocycles. The van der Waals surface area contributed by atoms with Gasteiger partial charge in [0.05, 0.1) is 6.61 Å². The molecular formula is C11H23N3O2. The molecule has 0 spiro atoms. The van der Waals surface area contributed by atoms with Crippen LogP contribution in [0.15, 0.2) is 0 Å². The topological polar surface area (TPSA) is 67.6 Å². The van der Waals surface area contributed by atoms with Crippen molar-refractivity contribution in [3.63, 3.8) is 0 Å². The van der Waals surface area contributed by atoms with Gasteiger partial charge in [0, 0.05) is 20.2 Å². The molecule has 94 valence electrons. The van der Waals surface area contributed by atoms with Crippen molar-refractivity contribution in [3.8, 4) is 0 Å². The van der Waals surface area contributed by atoms with E-state index in [9.17, 15) is 4.79 Å². The second-order valence-corrected chi connectivity index (χ2v) is 4.79. The van der Waals surface area contributed by atoms with Crippen molar-refractivity contribution >= 4 is 5.91 Å². The molecule has 0 saturated carbocycles. The Morgan fingerprint density at radius 1 is 1.69 bits per heavy atom. The normalized spacial score (nSPS) is 25.6. The molecule has 0 bridgehead atoms. The van der Waals surface area contributed by atoms with Crippen molar-refractivity contribution in [3.05, 3.63) is 0 Å². The summed E-state index contributed by atoms with van der Waals surface area (Å²) in [6.07, 6.45) is 1.13. The average Bonchev–Trinajstić information content (AvgIpc) is 2.65. The van der Waals surface area contributed by atoms with E-state index in [2.05, 4.69) is 10.2 Å². The first-order chi connectivity index (χ1) is 7.51. The lowest BCUT2D eigenvalue weighted by atomic mass is 10.0. The number of nitrogens with two attached hydrogens (primary N) is 1. The number of likely N-dealkylation sites (N-methyl/N-ethyl adjacent to an activating group) is 1. The molecule has 1 fully saturated rings. The quantitative estimate of drug-likeness (QED) is 0.639. The lowest BCUT2D eigenvalue weighted by Crippen LogP contribution is -2.58. The first-order valence-electron chi connectivity index (χ1n) is 5.72. The first-order valence-corrected chi connectivity index (χ1v) is 5.72. The Labute approximate surface area is 97.3 Å². The molecule has 0 aromatic rings. The summed E-state index contributed by atoms with van der Waals surface area (Å²) in [5.41, 5.74) is 4.76.